The number of nitrogens with one attached hydrogen (secondary N) is 1. The molecule has 0 fully saturated rings. The van der Waals surface area contributed by atoms with Crippen molar-refractivity contribution in [2.24, 2.45) is 0 Å². The lowest BCUT2D eigenvalue weighted by molar-refractivity contribution is 0.102. The van der Waals surface area contributed by atoms with Crippen molar-refractivity contribution in [2.75, 3.05) is 11.9 Å². The quantitative estimate of drug-likeness (QED) is 0.800. The van der Waals surface area contributed by atoms with Crippen molar-refractivity contribution in [3.63, 3.8) is 0 Å². The van der Waals surface area contributed by atoms with Crippen LogP contribution in [0.25, 0.3) is 0 Å². The van der Waals surface area contributed by atoms with E-state index in [1.165, 1.54) is 0 Å². The molecule has 21 heavy (non-hydrogen) atoms. The number of alkyl halides is 1. The molecule has 0 aliphatic rings. The number of carbonyl (C=O) groups is 1. The van der Waals surface area contributed by atoms with Gasteiger partial charge in [-0.25, -0.2) is 0 Å². The van der Waals surface area contributed by atoms with E-state index in [1.54, 1.807) is 12.1 Å². The highest BCUT2D eigenvalue weighted by Crippen LogP contribution is 2.24. The Morgan fingerprint density at radius 3 is 2.76 bits per heavy atom. The van der Waals surface area contributed by atoms with Gasteiger partial charge >= 0.3 is 0 Å². The van der Waals surface area contributed by atoms with Gasteiger partial charge in [-0.05, 0) is 36.2 Å². The van der Waals surface area contributed by atoms with Crippen LogP contribution < -0.4 is 10.1 Å². The zero-order chi connectivity index (χ0) is 15.1. The Morgan fingerprint density at radius 2 is 2.00 bits per heavy atom. The van der Waals surface area contributed by atoms with Crippen molar-refractivity contribution < 1.29 is 9.53 Å². The van der Waals surface area contributed by atoms with Crippen LogP contribution in [0.5, 0.6) is 5.75 Å². The highest BCUT2D eigenvalue weighted by molar-refractivity contribution is 6.17. The first kappa shape index (κ1) is 15.4. The maximum atomic E-state index is 12.3. The van der Waals surface area contributed by atoms with E-state index in [0.717, 1.165) is 12.0 Å². The van der Waals surface area contributed by atoms with Gasteiger partial charge in [-0.15, -0.1) is 11.6 Å². The van der Waals surface area contributed by atoms with Gasteiger partial charge in [-0.2, -0.15) is 0 Å². The average Bonchev–Trinajstić information content (AvgIpc) is 2.54. The molecular formula is C17H18ClNO2. The van der Waals surface area contributed by atoms with Crippen molar-refractivity contribution in [3.05, 3.63) is 59.7 Å². The zero-order valence-electron chi connectivity index (χ0n) is 11.9. The molecule has 0 spiro atoms. The number of hydrogen-bond acceptors (Lipinski definition) is 2. The molecule has 3 nitrogen and oxygen atoms in total. The number of ether oxygens (including phenoxy) is 1. The summed E-state index contributed by atoms with van der Waals surface area (Å²) in [6, 6.07) is 14.7. The molecule has 0 saturated carbocycles. The number of hydrogen-bond donors (Lipinski definition) is 1. The molecule has 1 amide bonds. The Balaban J connectivity index is 2.15. The molecule has 2 rings (SSSR count). The summed E-state index contributed by atoms with van der Waals surface area (Å²) < 4.78 is 5.63. The van der Waals surface area contributed by atoms with Crippen LogP contribution in [0.3, 0.4) is 0 Å². The Morgan fingerprint density at radius 1 is 1.19 bits per heavy atom. The highest BCUT2D eigenvalue weighted by Gasteiger charge is 2.10. The van der Waals surface area contributed by atoms with Crippen molar-refractivity contribution >= 4 is 23.2 Å². The van der Waals surface area contributed by atoms with E-state index >= 15 is 0 Å². The minimum Gasteiger partial charge on any atom is -0.491 e. The van der Waals surface area contributed by atoms with Gasteiger partial charge in [0.15, 0.2) is 0 Å². The van der Waals surface area contributed by atoms with Gasteiger partial charge in [0.05, 0.1) is 12.3 Å². The standard InChI is InChI=1S/C17H18ClNO2/c1-2-10-21-16-9-4-3-8-15(16)19-17(20)14-7-5-6-13(11-14)12-18/h3-9,11H,2,10,12H2,1H3,(H,19,20). The molecule has 0 aliphatic heterocycles. The fraction of sp³-hybridized carbons (Fsp3) is 0.235. The van der Waals surface area contributed by atoms with Crippen LogP contribution in [0.15, 0.2) is 48.5 Å². The first-order valence-corrected chi connectivity index (χ1v) is 7.46. The molecule has 2 aromatic carbocycles. The van der Waals surface area contributed by atoms with E-state index in [4.69, 9.17) is 16.3 Å². The number of rotatable bonds is 6. The number of anilines is 1. The number of benzene rings is 2. The van der Waals surface area contributed by atoms with Gasteiger partial charge in [0.1, 0.15) is 5.75 Å². The van der Waals surface area contributed by atoms with Crippen LogP contribution in [0, 0.1) is 0 Å². The van der Waals surface area contributed by atoms with Crippen LogP contribution >= 0.6 is 11.6 Å². The number of carbonyl (C=O) groups excluding carboxylic acids is 1. The smallest absolute Gasteiger partial charge is 0.255 e. The third-order valence-electron chi connectivity index (χ3n) is 2.94. The lowest BCUT2D eigenvalue weighted by Crippen LogP contribution is -2.13. The van der Waals surface area contributed by atoms with Crippen molar-refractivity contribution in [2.45, 2.75) is 19.2 Å². The lowest BCUT2D eigenvalue weighted by Gasteiger charge is -2.12. The molecular weight excluding hydrogens is 286 g/mol. The van der Waals surface area contributed by atoms with Gasteiger partial charge in [0, 0.05) is 11.4 Å². The minimum atomic E-state index is -0.172. The number of amides is 1. The normalized spacial score (nSPS) is 10.2. The average molecular weight is 304 g/mol. The summed E-state index contributed by atoms with van der Waals surface area (Å²) in [4.78, 5) is 12.3. The molecule has 4 heteroatoms. The van der Waals surface area contributed by atoms with Crippen LogP contribution in [0.2, 0.25) is 0 Å². The fourth-order valence-corrected chi connectivity index (χ4v) is 2.06. The predicted octanol–water partition coefficient (Wildman–Crippen LogP) is 4.47. The molecule has 0 unspecified atom stereocenters. The Hall–Kier alpha value is -2.00. The van der Waals surface area contributed by atoms with E-state index in [9.17, 15) is 4.79 Å². The summed E-state index contributed by atoms with van der Waals surface area (Å²) in [6.45, 7) is 2.66. The van der Waals surface area contributed by atoms with E-state index in [1.807, 2.05) is 43.3 Å². The van der Waals surface area contributed by atoms with Crippen LogP contribution in [-0.2, 0) is 5.88 Å². The summed E-state index contributed by atoms with van der Waals surface area (Å²) in [5.74, 6) is 0.896. The molecule has 0 aliphatic carbocycles. The van der Waals surface area contributed by atoms with Crippen molar-refractivity contribution in [1.82, 2.24) is 0 Å². The summed E-state index contributed by atoms with van der Waals surface area (Å²) in [6.07, 6.45) is 0.917. The molecule has 1 N–H and O–H groups in total. The van der Waals surface area contributed by atoms with E-state index in [-0.39, 0.29) is 5.91 Å². The molecule has 0 atom stereocenters. The van der Waals surface area contributed by atoms with Crippen molar-refractivity contribution in [1.29, 1.82) is 0 Å². The fourth-order valence-electron chi connectivity index (χ4n) is 1.90. The lowest BCUT2D eigenvalue weighted by atomic mass is 10.1. The summed E-state index contributed by atoms with van der Waals surface area (Å²) >= 11 is 5.79. The van der Waals surface area contributed by atoms with Gasteiger partial charge in [-0.1, -0.05) is 31.2 Å². The summed E-state index contributed by atoms with van der Waals surface area (Å²) in [5, 5.41) is 2.88. The number of halogens is 1. The van der Waals surface area contributed by atoms with Crippen molar-refractivity contribution in [3.8, 4) is 5.75 Å². The van der Waals surface area contributed by atoms with Gasteiger partial charge < -0.3 is 10.1 Å². The Kier molecular flexibility index (Phi) is 5.64. The first-order valence-electron chi connectivity index (χ1n) is 6.92. The van der Waals surface area contributed by atoms with E-state index in [2.05, 4.69) is 5.32 Å². The highest BCUT2D eigenvalue weighted by atomic mass is 35.5. The predicted molar refractivity (Wildman–Crippen MR) is 86.2 cm³/mol. The number of para-hydroxylation sites is 2. The Labute approximate surface area is 129 Å². The van der Waals surface area contributed by atoms with Crippen LogP contribution in [0.4, 0.5) is 5.69 Å². The molecule has 0 radical (unpaired) electrons. The zero-order valence-corrected chi connectivity index (χ0v) is 12.7. The summed E-state index contributed by atoms with van der Waals surface area (Å²) in [7, 11) is 0. The third-order valence-corrected chi connectivity index (χ3v) is 3.25. The maximum absolute atomic E-state index is 12.3. The van der Waals surface area contributed by atoms with E-state index < -0.39 is 0 Å². The molecule has 0 heterocycles. The largest absolute Gasteiger partial charge is 0.491 e. The molecule has 0 saturated heterocycles. The maximum Gasteiger partial charge on any atom is 0.255 e. The second kappa shape index (κ2) is 7.70. The van der Waals surface area contributed by atoms with Gasteiger partial charge in [0.2, 0.25) is 0 Å². The molecule has 110 valence electrons. The topological polar surface area (TPSA) is 38.3 Å². The van der Waals surface area contributed by atoms with E-state index in [0.29, 0.717) is 29.5 Å². The second-order valence-corrected chi connectivity index (χ2v) is 4.90. The second-order valence-electron chi connectivity index (χ2n) is 4.63. The molecule has 0 bridgehead atoms. The Bertz CT molecular complexity index is 613. The van der Waals surface area contributed by atoms with Gasteiger partial charge in [-0.3, -0.25) is 4.79 Å². The minimum absolute atomic E-state index is 0.172. The molecule has 2 aromatic rings. The van der Waals surface area contributed by atoms with Crippen LogP contribution in [0.1, 0.15) is 29.3 Å². The third kappa shape index (κ3) is 4.23. The molecule has 0 aromatic heterocycles. The van der Waals surface area contributed by atoms with Gasteiger partial charge in [0.25, 0.3) is 5.91 Å². The SMILES string of the molecule is CCCOc1ccccc1NC(=O)c1cccc(CCl)c1. The first-order chi connectivity index (χ1) is 10.2. The summed E-state index contributed by atoms with van der Waals surface area (Å²) in [5.41, 5.74) is 2.17. The van der Waals surface area contributed by atoms with Crippen LogP contribution in [-0.4, -0.2) is 12.5 Å². The monoisotopic (exact) mass is 303 g/mol.